The Morgan fingerprint density at radius 1 is 1.41 bits per heavy atom. The first-order chi connectivity index (χ1) is 7.95. The van der Waals surface area contributed by atoms with Crippen molar-refractivity contribution in [2.24, 2.45) is 5.92 Å². The van der Waals surface area contributed by atoms with Crippen LogP contribution in [-0.2, 0) is 9.84 Å². The van der Waals surface area contributed by atoms with Crippen LogP contribution in [0.3, 0.4) is 0 Å². The lowest BCUT2D eigenvalue weighted by molar-refractivity contribution is 0.154. The number of piperidine rings is 1. The third-order valence-electron chi connectivity index (χ3n) is 3.55. The van der Waals surface area contributed by atoms with Gasteiger partial charge in [0.05, 0.1) is 11.0 Å². The van der Waals surface area contributed by atoms with Gasteiger partial charge in [0.2, 0.25) is 0 Å². The molecule has 0 bridgehead atoms. The highest BCUT2D eigenvalue weighted by atomic mass is 32.2. The van der Waals surface area contributed by atoms with Crippen LogP contribution < -0.4 is 0 Å². The smallest absolute Gasteiger partial charge is 0.153 e. The van der Waals surface area contributed by atoms with Crippen molar-refractivity contribution in [3.05, 3.63) is 0 Å². The van der Waals surface area contributed by atoms with E-state index in [-0.39, 0.29) is 17.6 Å². The lowest BCUT2D eigenvalue weighted by Crippen LogP contribution is -2.39. The highest BCUT2D eigenvalue weighted by Crippen LogP contribution is 2.19. The summed E-state index contributed by atoms with van der Waals surface area (Å²) in [5.41, 5.74) is 0. The maximum Gasteiger partial charge on any atom is 0.153 e. The zero-order chi connectivity index (χ0) is 12.9. The number of likely N-dealkylation sites (tertiary alicyclic amines) is 1. The number of rotatable bonds is 6. The van der Waals surface area contributed by atoms with Gasteiger partial charge in [0, 0.05) is 19.7 Å². The van der Waals surface area contributed by atoms with Crippen LogP contribution in [0.4, 0.5) is 0 Å². The summed E-state index contributed by atoms with van der Waals surface area (Å²) in [4.78, 5) is 2.23. The summed E-state index contributed by atoms with van der Waals surface area (Å²) in [6.45, 7) is 6.29. The number of hydrogen-bond donors (Lipinski definition) is 1. The molecule has 4 nitrogen and oxygen atoms in total. The van der Waals surface area contributed by atoms with Crippen molar-refractivity contribution in [2.45, 2.75) is 38.4 Å². The molecule has 1 fully saturated rings. The predicted octanol–water partition coefficient (Wildman–Crippen LogP) is 0.904. The molecule has 1 rings (SSSR count). The van der Waals surface area contributed by atoms with Gasteiger partial charge in [-0.1, -0.05) is 0 Å². The van der Waals surface area contributed by atoms with Gasteiger partial charge in [-0.2, -0.15) is 0 Å². The molecule has 0 aliphatic carbocycles. The van der Waals surface area contributed by atoms with Crippen molar-refractivity contribution in [3.63, 3.8) is 0 Å². The number of sulfone groups is 1. The molecule has 1 heterocycles. The van der Waals surface area contributed by atoms with Crippen LogP contribution in [0.25, 0.3) is 0 Å². The van der Waals surface area contributed by atoms with E-state index in [2.05, 4.69) is 4.90 Å². The zero-order valence-corrected chi connectivity index (χ0v) is 11.7. The summed E-state index contributed by atoms with van der Waals surface area (Å²) in [6, 6.07) is 0. The van der Waals surface area contributed by atoms with Crippen LogP contribution in [0.2, 0.25) is 0 Å². The average molecular weight is 263 g/mol. The van der Waals surface area contributed by atoms with Gasteiger partial charge in [0.15, 0.2) is 9.84 Å². The largest absolute Gasteiger partial charge is 0.396 e. The molecule has 1 atom stereocenters. The third-order valence-corrected chi connectivity index (χ3v) is 5.74. The molecule has 1 N–H and O–H groups in total. The van der Waals surface area contributed by atoms with Crippen LogP contribution in [0, 0.1) is 5.92 Å². The van der Waals surface area contributed by atoms with Crippen LogP contribution in [-0.4, -0.2) is 55.7 Å². The number of aliphatic hydroxyl groups is 1. The van der Waals surface area contributed by atoms with Crippen LogP contribution in [0.1, 0.15) is 33.1 Å². The lowest BCUT2D eigenvalue weighted by atomic mass is 9.95. The van der Waals surface area contributed by atoms with Crippen molar-refractivity contribution in [2.75, 3.05) is 32.0 Å². The van der Waals surface area contributed by atoms with E-state index in [9.17, 15) is 8.42 Å². The normalized spacial score (nSPS) is 23.2. The van der Waals surface area contributed by atoms with Gasteiger partial charge < -0.3 is 10.0 Å². The Balaban J connectivity index is 2.37. The molecule has 5 heteroatoms. The first kappa shape index (κ1) is 14.9. The fraction of sp³-hybridized carbons (Fsp3) is 1.00. The molecule has 0 aromatic heterocycles. The quantitative estimate of drug-likeness (QED) is 0.774. The van der Waals surface area contributed by atoms with E-state index in [0.717, 1.165) is 32.4 Å². The average Bonchev–Trinajstić information content (AvgIpc) is 2.27. The molecule has 1 unspecified atom stereocenters. The Labute approximate surface area is 105 Å². The van der Waals surface area contributed by atoms with Crippen molar-refractivity contribution >= 4 is 9.84 Å². The van der Waals surface area contributed by atoms with Gasteiger partial charge in [0.25, 0.3) is 0 Å². The van der Waals surface area contributed by atoms with Crippen molar-refractivity contribution in [1.29, 1.82) is 0 Å². The van der Waals surface area contributed by atoms with Gasteiger partial charge >= 0.3 is 0 Å². The second-order valence-corrected chi connectivity index (χ2v) is 7.91. The van der Waals surface area contributed by atoms with Crippen LogP contribution in [0.15, 0.2) is 0 Å². The molecular formula is C12H25NO3S. The monoisotopic (exact) mass is 263 g/mol. The topological polar surface area (TPSA) is 57.6 Å². The lowest BCUT2D eigenvalue weighted by Gasteiger charge is -2.32. The minimum Gasteiger partial charge on any atom is -0.396 e. The van der Waals surface area contributed by atoms with E-state index in [1.807, 2.05) is 0 Å². The molecule has 1 saturated heterocycles. The highest BCUT2D eigenvalue weighted by molar-refractivity contribution is 7.92. The van der Waals surface area contributed by atoms with Crippen molar-refractivity contribution < 1.29 is 13.5 Å². The van der Waals surface area contributed by atoms with E-state index in [0.29, 0.717) is 12.5 Å². The van der Waals surface area contributed by atoms with Crippen molar-refractivity contribution in [3.8, 4) is 0 Å². The summed E-state index contributed by atoms with van der Waals surface area (Å²) >= 11 is 0. The van der Waals surface area contributed by atoms with Crippen LogP contribution in [0.5, 0.6) is 0 Å². The van der Waals surface area contributed by atoms with Gasteiger partial charge in [-0.15, -0.1) is 0 Å². The molecular weight excluding hydrogens is 238 g/mol. The Morgan fingerprint density at radius 3 is 2.71 bits per heavy atom. The van der Waals surface area contributed by atoms with E-state index in [1.165, 1.54) is 0 Å². The molecule has 1 aliphatic rings. The fourth-order valence-electron chi connectivity index (χ4n) is 2.26. The summed E-state index contributed by atoms with van der Waals surface area (Å²) in [7, 11) is -2.92. The van der Waals surface area contributed by atoms with Gasteiger partial charge in [-0.25, -0.2) is 8.42 Å². The number of hydrogen-bond acceptors (Lipinski definition) is 4. The Bertz CT molecular complexity index is 312. The van der Waals surface area contributed by atoms with Gasteiger partial charge in [0.1, 0.15) is 0 Å². The predicted molar refractivity (Wildman–Crippen MR) is 69.8 cm³/mol. The molecule has 0 saturated carbocycles. The van der Waals surface area contributed by atoms with Gasteiger partial charge in [-0.05, 0) is 45.6 Å². The first-order valence-electron chi connectivity index (χ1n) is 6.50. The SMILES string of the molecule is CC(C)S(=O)(=O)CCN1CCCC(CCO)C1. The molecule has 0 radical (unpaired) electrons. The highest BCUT2D eigenvalue weighted by Gasteiger charge is 2.22. The zero-order valence-electron chi connectivity index (χ0n) is 10.9. The van der Waals surface area contributed by atoms with Crippen molar-refractivity contribution in [1.82, 2.24) is 4.90 Å². The van der Waals surface area contributed by atoms with E-state index >= 15 is 0 Å². The Hall–Kier alpha value is -0.130. The standard InChI is InChI=1S/C12H25NO3S/c1-11(2)17(15,16)9-7-13-6-3-4-12(10-13)5-8-14/h11-12,14H,3-10H2,1-2H3. The van der Waals surface area contributed by atoms with Crippen LogP contribution >= 0.6 is 0 Å². The maximum atomic E-state index is 11.7. The second kappa shape index (κ2) is 6.71. The number of nitrogens with zero attached hydrogens (tertiary/aromatic N) is 1. The molecule has 0 amide bonds. The van der Waals surface area contributed by atoms with E-state index in [4.69, 9.17) is 5.11 Å². The summed E-state index contributed by atoms with van der Waals surface area (Å²) in [5.74, 6) is 0.798. The number of aliphatic hydroxyl groups excluding tert-OH is 1. The molecule has 0 spiro atoms. The Morgan fingerprint density at radius 2 is 2.12 bits per heavy atom. The van der Waals surface area contributed by atoms with E-state index < -0.39 is 9.84 Å². The minimum absolute atomic E-state index is 0.239. The van der Waals surface area contributed by atoms with Gasteiger partial charge in [-0.3, -0.25) is 0 Å². The Kier molecular flexibility index (Phi) is 5.89. The minimum atomic E-state index is -2.92. The first-order valence-corrected chi connectivity index (χ1v) is 8.22. The molecule has 0 aromatic carbocycles. The summed E-state index contributed by atoms with van der Waals surface area (Å²) in [6.07, 6.45) is 3.12. The fourth-order valence-corrected chi connectivity index (χ4v) is 3.25. The molecule has 17 heavy (non-hydrogen) atoms. The third kappa shape index (κ3) is 4.94. The maximum absolute atomic E-state index is 11.7. The molecule has 102 valence electrons. The summed E-state index contributed by atoms with van der Waals surface area (Å²) < 4.78 is 23.4. The summed E-state index contributed by atoms with van der Waals surface area (Å²) in [5, 5.41) is 8.65. The van der Waals surface area contributed by atoms with E-state index in [1.54, 1.807) is 13.8 Å². The second-order valence-electron chi connectivity index (χ2n) is 5.24. The molecule has 1 aliphatic heterocycles. The molecule has 0 aromatic rings.